The van der Waals surface area contributed by atoms with Crippen molar-refractivity contribution < 1.29 is 9.59 Å². The van der Waals surface area contributed by atoms with Crippen LogP contribution in [0, 0.1) is 5.92 Å². The molecule has 0 amide bonds. The minimum Gasteiger partial charge on any atom is -0.289 e. The van der Waals surface area contributed by atoms with Gasteiger partial charge in [0.1, 0.15) is 0 Å². The second-order valence-electron chi connectivity index (χ2n) is 4.35. The predicted molar refractivity (Wildman–Crippen MR) is 67.3 cm³/mol. The first-order valence-corrected chi connectivity index (χ1v) is 6.08. The highest BCUT2D eigenvalue weighted by molar-refractivity contribution is 6.24. The molecule has 0 atom stereocenters. The van der Waals surface area contributed by atoms with E-state index < -0.39 is 0 Å². The van der Waals surface area contributed by atoms with E-state index in [4.69, 9.17) is 0 Å². The molecule has 0 aromatic heterocycles. The maximum absolute atomic E-state index is 12.3. The van der Waals surface area contributed by atoms with Gasteiger partial charge in [0, 0.05) is 16.7 Å². The lowest BCUT2D eigenvalue weighted by Gasteiger charge is -2.20. The first-order valence-electron chi connectivity index (χ1n) is 6.08. The van der Waals surface area contributed by atoms with Crippen LogP contribution in [-0.2, 0) is 0 Å². The Morgan fingerprint density at radius 2 is 1.59 bits per heavy atom. The first-order chi connectivity index (χ1) is 8.19. The zero-order valence-corrected chi connectivity index (χ0v) is 10.2. The summed E-state index contributed by atoms with van der Waals surface area (Å²) >= 11 is 0. The number of Topliss-reactive ketones (excluding diaryl/α,β-unsaturated/α-hetero) is 1. The standard InChI is InChI=1S/C15H16O2/c1-3-10(4-2)13-9-14(16)11-7-5-6-8-12(11)15(13)17/h5-10H,3-4H2,1-2H3. The van der Waals surface area contributed by atoms with Gasteiger partial charge in [-0.2, -0.15) is 0 Å². The quantitative estimate of drug-likeness (QED) is 0.794. The molecule has 0 spiro atoms. The van der Waals surface area contributed by atoms with Crippen LogP contribution in [0.2, 0.25) is 0 Å². The number of hydrogen-bond acceptors (Lipinski definition) is 2. The molecule has 1 aromatic rings. The van der Waals surface area contributed by atoms with E-state index in [0.29, 0.717) is 16.7 Å². The van der Waals surface area contributed by atoms with Gasteiger partial charge in [0.15, 0.2) is 11.6 Å². The molecule has 0 N–H and O–H groups in total. The SMILES string of the molecule is CCC(CC)C1=CC(=O)c2ccccc2C1=O. The Kier molecular flexibility index (Phi) is 3.23. The number of carbonyl (C=O) groups is 2. The van der Waals surface area contributed by atoms with Crippen LogP contribution in [-0.4, -0.2) is 11.6 Å². The van der Waals surface area contributed by atoms with Crippen LogP contribution in [0.15, 0.2) is 35.9 Å². The first kappa shape index (κ1) is 11.8. The van der Waals surface area contributed by atoms with Gasteiger partial charge in [-0.1, -0.05) is 38.1 Å². The Labute approximate surface area is 101 Å². The lowest BCUT2D eigenvalue weighted by molar-refractivity contribution is 0.0973. The molecule has 2 rings (SSSR count). The van der Waals surface area contributed by atoms with Crippen molar-refractivity contribution in [2.45, 2.75) is 26.7 Å². The number of allylic oxidation sites excluding steroid dienone is 2. The van der Waals surface area contributed by atoms with Crippen LogP contribution in [0.5, 0.6) is 0 Å². The molecule has 0 saturated carbocycles. The lowest BCUT2D eigenvalue weighted by Crippen LogP contribution is -2.21. The van der Waals surface area contributed by atoms with Gasteiger partial charge < -0.3 is 0 Å². The fourth-order valence-electron chi connectivity index (χ4n) is 2.37. The smallest absolute Gasteiger partial charge is 0.190 e. The third kappa shape index (κ3) is 1.95. The highest BCUT2D eigenvalue weighted by atomic mass is 16.1. The Bertz CT molecular complexity index is 493. The molecule has 0 bridgehead atoms. The number of fused-ring (bicyclic) bond motifs is 1. The number of benzene rings is 1. The third-order valence-corrected chi connectivity index (χ3v) is 3.41. The van der Waals surface area contributed by atoms with E-state index >= 15 is 0 Å². The summed E-state index contributed by atoms with van der Waals surface area (Å²) in [5.74, 6) is 0.177. The predicted octanol–water partition coefficient (Wildman–Crippen LogP) is 3.43. The van der Waals surface area contributed by atoms with Crippen molar-refractivity contribution in [3.8, 4) is 0 Å². The molecule has 0 aliphatic heterocycles. The van der Waals surface area contributed by atoms with Crippen LogP contribution in [0.1, 0.15) is 47.4 Å². The second kappa shape index (κ2) is 4.66. The van der Waals surface area contributed by atoms with E-state index in [2.05, 4.69) is 0 Å². The highest BCUT2D eigenvalue weighted by Crippen LogP contribution is 2.28. The summed E-state index contributed by atoms with van der Waals surface area (Å²) in [5.41, 5.74) is 1.77. The van der Waals surface area contributed by atoms with Gasteiger partial charge in [0.2, 0.25) is 0 Å². The largest absolute Gasteiger partial charge is 0.289 e. The van der Waals surface area contributed by atoms with Gasteiger partial charge in [0.05, 0.1) is 0 Å². The van der Waals surface area contributed by atoms with E-state index in [1.54, 1.807) is 24.3 Å². The number of hydrogen-bond donors (Lipinski definition) is 0. The minimum atomic E-state index is -0.0397. The van der Waals surface area contributed by atoms with E-state index in [1.807, 2.05) is 13.8 Å². The summed E-state index contributed by atoms with van der Waals surface area (Å²) in [6.07, 6.45) is 3.31. The summed E-state index contributed by atoms with van der Waals surface area (Å²) in [4.78, 5) is 24.3. The van der Waals surface area contributed by atoms with Crippen molar-refractivity contribution in [2.24, 2.45) is 5.92 Å². The molecule has 0 heterocycles. The second-order valence-corrected chi connectivity index (χ2v) is 4.35. The van der Waals surface area contributed by atoms with Crippen molar-refractivity contribution in [1.29, 1.82) is 0 Å². The van der Waals surface area contributed by atoms with E-state index in [-0.39, 0.29) is 17.5 Å². The molecule has 17 heavy (non-hydrogen) atoms. The third-order valence-electron chi connectivity index (χ3n) is 3.41. The molecule has 0 unspecified atom stereocenters. The summed E-state index contributed by atoms with van der Waals surface area (Å²) < 4.78 is 0. The van der Waals surface area contributed by atoms with Crippen LogP contribution in [0.3, 0.4) is 0 Å². The zero-order valence-electron chi connectivity index (χ0n) is 10.2. The van der Waals surface area contributed by atoms with Crippen molar-refractivity contribution in [3.05, 3.63) is 47.0 Å². The van der Waals surface area contributed by atoms with Crippen molar-refractivity contribution in [2.75, 3.05) is 0 Å². The number of ketones is 2. The molecule has 0 saturated heterocycles. The van der Waals surface area contributed by atoms with Gasteiger partial charge in [-0.25, -0.2) is 0 Å². The normalized spacial score (nSPS) is 14.9. The van der Waals surface area contributed by atoms with E-state index in [9.17, 15) is 9.59 Å². The molecule has 88 valence electrons. The maximum Gasteiger partial charge on any atom is 0.190 e. The molecule has 1 aromatic carbocycles. The van der Waals surface area contributed by atoms with Crippen LogP contribution >= 0.6 is 0 Å². The molecule has 2 nitrogen and oxygen atoms in total. The Balaban J connectivity index is 2.48. The van der Waals surface area contributed by atoms with Gasteiger partial charge in [0.25, 0.3) is 0 Å². The average Bonchev–Trinajstić information content (AvgIpc) is 2.37. The fourth-order valence-corrected chi connectivity index (χ4v) is 2.37. The molecular formula is C15H16O2. The zero-order chi connectivity index (χ0) is 12.4. The molecule has 1 aliphatic rings. The van der Waals surface area contributed by atoms with Gasteiger partial charge in [-0.05, 0) is 24.8 Å². The maximum atomic E-state index is 12.3. The minimum absolute atomic E-state index is 0.0221. The molecule has 0 radical (unpaired) electrons. The monoisotopic (exact) mass is 228 g/mol. The van der Waals surface area contributed by atoms with Crippen molar-refractivity contribution in [3.63, 3.8) is 0 Å². The topological polar surface area (TPSA) is 34.1 Å². The Hall–Kier alpha value is -1.70. The highest BCUT2D eigenvalue weighted by Gasteiger charge is 2.28. The summed E-state index contributed by atoms with van der Waals surface area (Å²) in [5, 5.41) is 0. The summed E-state index contributed by atoms with van der Waals surface area (Å²) in [6, 6.07) is 7.06. The fraction of sp³-hybridized carbons (Fsp3) is 0.333. The Morgan fingerprint density at radius 3 is 2.18 bits per heavy atom. The molecule has 0 fully saturated rings. The average molecular weight is 228 g/mol. The molecule has 1 aliphatic carbocycles. The van der Waals surface area contributed by atoms with Gasteiger partial charge >= 0.3 is 0 Å². The van der Waals surface area contributed by atoms with Gasteiger partial charge in [-0.15, -0.1) is 0 Å². The van der Waals surface area contributed by atoms with Gasteiger partial charge in [-0.3, -0.25) is 9.59 Å². The lowest BCUT2D eigenvalue weighted by atomic mass is 9.81. The van der Waals surface area contributed by atoms with E-state index in [1.165, 1.54) is 6.08 Å². The Morgan fingerprint density at radius 1 is 1.00 bits per heavy atom. The van der Waals surface area contributed by atoms with Crippen LogP contribution < -0.4 is 0 Å². The van der Waals surface area contributed by atoms with E-state index in [0.717, 1.165) is 12.8 Å². The van der Waals surface area contributed by atoms with Crippen LogP contribution in [0.25, 0.3) is 0 Å². The van der Waals surface area contributed by atoms with Crippen LogP contribution in [0.4, 0.5) is 0 Å². The van der Waals surface area contributed by atoms with Crippen molar-refractivity contribution in [1.82, 2.24) is 0 Å². The summed E-state index contributed by atoms with van der Waals surface area (Å²) in [6.45, 7) is 4.10. The summed E-state index contributed by atoms with van der Waals surface area (Å²) in [7, 11) is 0. The number of rotatable bonds is 3. The van der Waals surface area contributed by atoms with Crippen molar-refractivity contribution >= 4 is 11.6 Å². The number of carbonyl (C=O) groups excluding carboxylic acids is 2. The molecule has 2 heteroatoms. The molecular weight excluding hydrogens is 212 g/mol.